The van der Waals surface area contributed by atoms with Crippen molar-refractivity contribution in [2.24, 2.45) is 0 Å². The Labute approximate surface area is 194 Å². The monoisotopic (exact) mass is 446 g/mol. The molecule has 4 aromatic rings. The van der Waals surface area contributed by atoms with Crippen LogP contribution in [0.15, 0.2) is 84.9 Å². The van der Waals surface area contributed by atoms with Gasteiger partial charge in [-0.05, 0) is 22.9 Å². The summed E-state index contributed by atoms with van der Waals surface area (Å²) in [6.45, 7) is 4.19. The standard InChI is InChI=1S/C28H30O5/c1-3-11-25-23(7-1)9-5-13-27(25)32-21-19-30-17-15-29-16-18-31-20-22-33-28-14-6-10-24-8-2-4-12-26(24)28/h1-14H,15-22H2. The first kappa shape index (κ1) is 23.1. The Morgan fingerprint density at radius 3 is 1.18 bits per heavy atom. The Hall–Kier alpha value is -3.12. The molecular formula is C28H30O5. The lowest BCUT2D eigenvalue weighted by Crippen LogP contribution is -2.14. The van der Waals surface area contributed by atoms with Crippen LogP contribution in [0.1, 0.15) is 0 Å². The van der Waals surface area contributed by atoms with Crippen LogP contribution in [0.3, 0.4) is 0 Å². The third-order valence-corrected chi connectivity index (χ3v) is 5.21. The topological polar surface area (TPSA) is 46.2 Å². The molecule has 0 saturated carbocycles. The minimum Gasteiger partial charge on any atom is -0.491 e. The lowest BCUT2D eigenvalue weighted by molar-refractivity contribution is 0.00512. The summed E-state index contributed by atoms with van der Waals surface area (Å²) in [6, 6.07) is 28.5. The van der Waals surface area contributed by atoms with E-state index < -0.39 is 0 Å². The van der Waals surface area contributed by atoms with Gasteiger partial charge in [-0.1, -0.05) is 72.8 Å². The van der Waals surface area contributed by atoms with Crippen LogP contribution in [0.5, 0.6) is 11.5 Å². The van der Waals surface area contributed by atoms with Crippen molar-refractivity contribution >= 4 is 21.5 Å². The molecular weight excluding hydrogens is 416 g/mol. The lowest BCUT2D eigenvalue weighted by atomic mass is 10.1. The van der Waals surface area contributed by atoms with Crippen molar-refractivity contribution in [3.05, 3.63) is 84.9 Å². The quantitative estimate of drug-likeness (QED) is 0.239. The zero-order valence-electron chi connectivity index (χ0n) is 18.8. The van der Waals surface area contributed by atoms with Crippen molar-refractivity contribution in [1.29, 1.82) is 0 Å². The molecule has 0 amide bonds. The second-order valence-corrected chi connectivity index (χ2v) is 7.49. The fraction of sp³-hybridized carbons (Fsp3) is 0.286. The van der Waals surface area contributed by atoms with Crippen molar-refractivity contribution in [3.8, 4) is 11.5 Å². The van der Waals surface area contributed by atoms with Crippen LogP contribution in [0.2, 0.25) is 0 Å². The summed E-state index contributed by atoms with van der Waals surface area (Å²) in [7, 11) is 0. The first-order valence-corrected chi connectivity index (χ1v) is 11.4. The summed E-state index contributed by atoms with van der Waals surface area (Å²) in [5.74, 6) is 1.77. The molecule has 0 aromatic heterocycles. The Morgan fingerprint density at radius 2 is 0.727 bits per heavy atom. The molecule has 4 rings (SSSR count). The third kappa shape index (κ3) is 6.93. The minimum absolute atomic E-state index is 0.508. The van der Waals surface area contributed by atoms with Gasteiger partial charge in [0.1, 0.15) is 24.7 Å². The van der Waals surface area contributed by atoms with E-state index in [1.807, 2.05) is 48.5 Å². The Bertz CT molecular complexity index is 1030. The highest BCUT2D eigenvalue weighted by Gasteiger charge is 2.02. The Morgan fingerprint density at radius 1 is 0.364 bits per heavy atom. The van der Waals surface area contributed by atoms with Crippen LogP contribution in [-0.4, -0.2) is 52.9 Å². The van der Waals surface area contributed by atoms with Crippen molar-refractivity contribution < 1.29 is 23.7 Å². The predicted octanol–water partition coefficient (Wildman–Crippen LogP) is 5.50. The first-order chi connectivity index (χ1) is 16.4. The Kier molecular flexibility index (Phi) is 8.94. The molecule has 0 aliphatic rings. The van der Waals surface area contributed by atoms with E-state index >= 15 is 0 Å². The molecule has 0 aliphatic carbocycles. The molecule has 0 unspecified atom stereocenters. The summed E-state index contributed by atoms with van der Waals surface area (Å²) in [5.41, 5.74) is 0. The van der Waals surface area contributed by atoms with Gasteiger partial charge < -0.3 is 23.7 Å². The highest BCUT2D eigenvalue weighted by atomic mass is 16.6. The number of benzene rings is 4. The number of hydrogen-bond donors (Lipinski definition) is 0. The number of fused-ring (bicyclic) bond motifs is 2. The smallest absolute Gasteiger partial charge is 0.127 e. The summed E-state index contributed by atoms with van der Waals surface area (Å²) < 4.78 is 28.4. The average Bonchev–Trinajstić information content (AvgIpc) is 2.87. The number of hydrogen-bond acceptors (Lipinski definition) is 5. The van der Waals surface area contributed by atoms with Gasteiger partial charge in [-0.3, -0.25) is 0 Å². The molecule has 0 N–H and O–H groups in total. The van der Waals surface area contributed by atoms with Crippen LogP contribution in [0, 0.1) is 0 Å². The van der Waals surface area contributed by atoms with E-state index in [9.17, 15) is 0 Å². The lowest BCUT2D eigenvalue weighted by Gasteiger charge is -2.11. The summed E-state index contributed by atoms with van der Waals surface area (Å²) in [6.07, 6.45) is 0. The Balaban J connectivity index is 0.994. The molecule has 0 fully saturated rings. The highest BCUT2D eigenvalue weighted by molar-refractivity contribution is 5.88. The summed E-state index contributed by atoms with van der Waals surface area (Å²) in [4.78, 5) is 0. The first-order valence-electron chi connectivity index (χ1n) is 11.4. The van der Waals surface area contributed by atoms with Gasteiger partial charge >= 0.3 is 0 Å². The van der Waals surface area contributed by atoms with Crippen molar-refractivity contribution in [2.75, 3.05) is 52.9 Å². The van der Waals surface area contributed by atoms with E-state index in [-0.39, 0.29) is 0 Å². The molecule has 0 spiro atoms. The second-order valence-electron chi connectivity index (χ2n) is 7.49. The normalized spacial score (nSPS) is 11.2. The van der Waals surface area contributed by atoms with Crippen LogP contribution in [-0.2, 0) is 14.2 Å². The van der Waals surface area contributed by atoms with Gasteiger partial charge in [0.05, 0.1) is 39.6 Å². The second kappa shape index (κ2) is 12.8. The van der Waals surface area contributed by atoms with E-state index in [0.717, 1.165) is 22.3 Å². The number of ether oxygens (including phenoxy) is 5. The molecule has 0 heterocycles. The molecule has 172 valence electrons. The van der Waals surface area contributed by atoms with Crippen LogP contribution >= 0.6 is 0 Å². The largest absolute Gasteiger partial charge is 0.491 e. The van der Waals surface area contributed by atoms with Crippen molar-refractivity contribution in [1.82, 2.24) is 0 Å². The van der Waals surface area contributed by atoms with Gasteiger partial charge in [0.25, 0.3) is 0 Å². The van der Waals surface area contributed by atoms with Gasteiger partial charge in [0.15, 0.2) is 0 Å². The van der Waals surface area contributed by atoms with Crippen LogP contribution in [0.25, 0.3) is 21.5 Å². The van der Waals surface area contributed by atoms with Crippen molar-refractivity contribution in [2.45, 2.75) is 0 Å². The molecule has 4 aromatic carbocycles. The molecule has 5 heteroatoms. The molecule has 5 nitrogen and oxygen atoms in total. The van der Waals surface area contributed by atoms with Crippen LogP contribution < -0.4 is 9.47 Å². The predicted molar refractivity (Wildman–Crippen MR) is 131 cm³/mol. The third-order valence-electron chi connectivity index (χ3n) is 5.21. The van der Waals surface area contributed by atoms with E-state index in [2.05, 4.69) is 36.4 Å². The maximum atomic E-state index is 5.86. The van der Waals surface area contributed by atoms with E-state index in [4.69, 9.17) is 23.7 Å². The summed E-state index contributed by atoms with van der Waals surface area (Å²) in [5, 5.41) is 4.58. The van der Waals surface area contributed by atoms with Crippen LogP contribution in [0.4, 0.5) is 0 Å². The minimum atomic E-state index is 0.508. The average molecular weight is 447 g/mol. The van der Waals surface area contributed by atoms with E-state index in [1.165, 1.54) is 10.8 Å². The van der Waals surface area contributed by atoms with Gasteiger partial charge in [0.2, 0.25) is 0 Å². The fourth-order valence-electron chi connectivity index (χ4n) is 3.61. The zero-order valence-corrected chi connectivity index (χ0v) is 18.8. The van der Waals surface area contributed by atoms with Gasteiger partial charge in [0, 0.05) is 10.8 Å². The van der Waals surface area contributed by atoms with Gasteiger partial charge in [-0.2, -0.15) is 0 Å². The van der Waals surface area contributed by atoms with E-state index in [1.54, 1.807) is 0 Å². The van der Waals surface area contributed by atoms with E-state index in [0.29, 0.717) is 52.9 Å². The summed E-state index contributed by atoms with van der Waals surface area (Å²) >= 11 is 0. The molecule has 0 bridgehead atoms. The van der Waals surface area contributed by atoms with Crippen molar-refractivity contribution in [3.63, 3.8) is 0 Å². The zero-order chi connectivity index (χ0) is 22.6. The maximum Gasteiger partial charge on any atom is 0.127 e. The highest BCUT2D eigenvalue weighted by Crippen LogP contribution is 2.25. The molecule has 0 saturated heterocycles. The SMILES string of the molecule is c1ccc2c(OCCOCCOCCOCCOc3cccc4ccccc34)cccc2c1. The van der Waals surface area contributed by atoms with Gasteiger partial charge in [-0.25, -0.2) is 0 Å². The fourth-order valence-corrected chi connectivity index (χ4v) is 3.61. The molecule has 0 radical (unpaired) electrons. The van der Waals surface area contributed by atoms with Gasteiger partial charge in [-0.15, -0.1) is 0 Å². The maximum absolute atomic E-state index is 5.86. The molecule has 0 atom stereocenters. The number of rotatable bonds is 14. The molecule has 0 aliphatic heterocycles. The molecule has 33 heavy (non-hydrogen) atoms.